The molecule has 0 aliphatic carbocycles. The zero-order valence-corrected chi connectivity index (χ0v) is 9.20. The van der Waals surface area contributed by atoms with Crippen LogP contribution in [0.5, 0.6) is 0 Å². The first-order chi connectivity index (χ1) is 7.81. The van der Waals surface area contributed by atoms with Gasteiger partial charge >= 0.3 is 0 Å². The minimum atomic E-state index is -0.609. The van der Waals surface area contributed by atoms with E-state index >= 15 is 0 Å². The first kappa shape index (κ1) is 14.1. The summed E-state index contributed by atoms with van der Waals surface area (Å²) in [6, 6.07) is 0. The predicted molar refractivity (Wildman–Crippen MR) is 65.0 cm³/mol. The number of hydrogen-bond acceptors (Lipinski definition) is 2. The van der Waals surface area contributed by atoms with Gasteiger partial charge < -0.3 is 10.2 Å². The third-order valence-electron chi connectivity index (χ3n) is 1.43. The zero-order chi connectivity index (χ0) is 12.1. The first-order valence-electron chi connectivity index (χ1n) is 4.85. The van der Waals surface area contributed by atoms with Gasteiger partial charge in [0.05, 0.1) is 6.10 Å². The molecule has 2 heteroatoms. The van der Waals surface area contributed by atoms with Crippen molar-refractivity contribution in [3.63, 3.8) is 0 Å². The van der Waals surface area contributed by atoms with Crippen molar-refractivity contribution in [1.82, 2.24) is 0 Å². The van der Waals surface area contributed by atoms with Crippen LogP contribution in [0.3, 0.4) is 0 Å². The molecule has 16 heavy (non-hydrogen) atoms. The molecular formula is C14H14O2. The second kappa shape index (κ2) is 11.2. The highest BCUT2D eigenvalue weighted by atomic mass is 16.3. The molecule has 0 aliphatic heterocycles. The van der Waals surface area contributed by atoms with Crippen LogP contribution >= 0.6 is 0 Å². The van der Waals surface area contributed by atoms with Gasteiger partial charge in [-0.15, -0.1) is 0 Å². The largest absolute Gasteiger partial charge is 0.396 e. The fourth-order valence-electron chi connectivity index (χ4n) is 0.727. The molecule has 0 aliphatic rings. The molecule has 0 unspecified atom stereocenters. The zero-order valence-electron chi connectivity index (χ0n) is 9.20. The Morgan fingerprint density at radius 1 is 1.12 bits per heavy atom. The molecule has 0 amide bonds. The smallest absolute Gasteiger partial charge is 0.0745 e. The number of hydrogen-bond donors (Lipinski definition) is 2. The highest BCUT2D eigenvalue weighted by Crippen LogP contribution is 1.91. The number of aliphatic hydroxyl groups is 2. The SMILES string of the molecule is CC#CC#CC#C/C=C/C=C/[C@H](O)CCO. The van der Waals surface area contributed by atoms with Gasteiger partial charge in [0.1, 0.15) is 0 Å². The van der Waals surface area contributed by atoms with Crippen LogP contribution < -0.4 is 0 Å². The average Bonchev–Trinajstić information content (AvgIpc) is 2.27. The van der Waals surface area contributed by atoms with Gasteiger partial charge in [-0.3, -0.25) is 0 Å². The van der Waals surface area contributed by atoms with Crippen LogP contribution in [-0.2, 0) is 0 Å². The highest BCUT2D eigenvalue weighted by Gasteiger charge is 1.93. The minimum absolute atomic E-state index is 0.0247. The Kier molecular flexibility index (Phi) is 9.82. The summed E-state index contributed by atoms with van der Waals surface area (Å²) >= 11 is 0. The lowest BCUT2D eigenvalue weighted by Crippen LogP contribution is -2.03. The standard InChI is InChI=1S/C14H14O2/c1-2-3-4-5-6-7-8-9-10-11-14(16)12-13-15/h8-11,14-16H,12-13H2,1H3/b9-8+,11-10+/t14-/m0/s1. The maximum absolute atomic E-state index is 9.19. The number of allylic oxidation sites excluding steroid dienone is 3. The summed E-state index contributed by atoms with van der Waals surface area (Å²) in [5.41, 5.74) is 0. The lowest BCUT2D eigenvalue weighted by Gasteiger charge is -1.98. The highest BCUT2D eigenvalue weighted by molar-refractivity contribution is 5.37. The van der Waals surface area contributed by atoms with Crippen molar-refractivity contribution in [2.24, 2.45) is 0 Å². The van der Waals surface area contributed by atoms with Crippen LogP contribution in [-0.4, -0.2) is 22.9 Å². The lowest BCUT2D eigenvalue weighted by atomic mass is 10.2. The molecule has 0 radical (unpaired) electrons. The molecule has 0 aromatic heterocycles. The molecule has 0 saturated heterocycles. The van der Waals surface area contributed by atoms with Crippen LogP contribution in [0.4, 0.5) is 0 Å². The van der Waals surface area contributed by atoms with E-state index in [9.17, 15) is 5.11 Å². The van der Waals surface area contributed by atoms with E-state index in [0.29, 0.717) is 6.42 Å². The summed E-state index contributed by atoms with van der Waals surface area (Å²) in [5, 5.41) is 17.7. The van der Waals surface area contributed by atoms with Crippen molar-refractivity contribution in [3.8, 4) is 35.5 Å². The molecule has 0 saturated carbocycles. The Bertz CT molecular complexity index is 411. The fraction of sp³-hybridized carbons (Fsp3) is 0.286. The predicted octanol–water partition coefficient (Wildman–Crippen LogP) is 0.872. The summed E-state index contributed by atoms with van der Waals surface area (Å²) in [5.74, 6) is 15.6. The van der Waals surface area contributed by atoms with Gasteiger partial charge in [0.2, 0.25) is 0 Å². The van der Waals surface area contributed by atoms with Crippen molar-refractivity contribution in [1.29, 1.82) is 0 Å². The molecule has 0 heterocycles. The van der Waals surface area contributed by atoms with Gasteiger partial charge in [-0.2, -0.15) is 0 Å². The van der Waals surface area contributed by atoms with Crippen molar-refractivity contribution >= 4 is 0 Å². The normalized spacial score (nSPS) is 10.9. The molecule has 1 atom stereocenters. The first-order valence-corrected chi connectivity index (χ1v) is 4.85. The van der Waals surface area contributed by atoms with E-state index < -0.39 is 6.10 Å². The van der Waals surface area contributed by atoms with Gasteiger partial charge in [0, 0.05) is 6.61 Å². The van der Waals surface area contributed by atoms with Crippen molar-refractivity contribution in [2.45, 2.75) is 19.4 Å². The summed E-state index contributed by atoms with van der Waals surface area (Å²) in [6.07, 6.45) is 6.31. The van der Waals surface area contributed by atoms with E-state index in [1.165, 1.54) is 0 Å². The van der Waals surface area contributed by atoms with Crippen LogP contribution in [0.1, 0.15) is 13.3 Å². The Morgan fingerprint density at radius 2 is 1.88 bits per heavy atom. The topological polar surface area (TPSA) is 40.5 Å². The molecule has 0 spiro atoms. The van der Waals surface area contributed by atoms with Gasteiger partial charge in [-0.25, -0.2) is 0 Å². The quantitative estimate of drug-likeness (QED) is 0.538. The van der Waals surface area contributed by atoms with E-state index in [1.807, 2.05) is 0 Å². The van der Waals surface area contributed by atoms with Gasteiger partial charge in [0.25, 0.3) is 0 Å². The molecule has 2 nitrogen and oxygen atoms in total. The Morgan fingerprint density at radius 3 is 2.56 bits per heavy atom. The van der Waals surface area contributed by atoms with Gasteiger partial charge in [-0.1, -0.05) is 30.1 Å². The monoisotopic (exact) mass is 214 g/mol. The third-order valence-corrected chi connectivity index (χ3v) is 1.43. The molecule has 0 rings (SSSR count). The molecule has 2 N–H and O–H groups in total. The molecular weight excluding hydrogens is 200 g/mol. The summed E-state index contributed by atoms with van der Waals surface area (Å²) < 4.78 is 0. The Labute approximate surface area is 96.7 Å². The van der Waals surface area contributed by atoms with E-state index in [4.69, 9.17) is 5.11 Å². The van der Waals surface area contributed by atoms with Crippen LogP contribution in [0.2, 0.25) is 0 Å². The second-order valence-electron chi connectivity index (χ2n) is 2.72. The van der Waals surface area contributed by atoms with Gasteiger partial charge in [0.15, 0.2) is 0 Å². The summed E-state index contributed by atoms with van der Waals surface area (Å²) in [7, 11) is 0. The number of rotatable bonds is 4. The lowest BCUT2D eigenvalue weighted by molar-refractivity contribution is 0.170. The minimum Gasteiger partial charge on any atom is -0.396 e. The molecule has 0 bridgehead atoms. The van der Waals surface area contributed by atoms with E-state index in [-0.39, 0.29) is 6.61 Å². The van der Waals surface area contributed by atoms with E-state index in [1.54, 1.807) is 31.2 Å². The molecule has 0 fully saturated rings. The third kappa shape index (κ3) is 10.2. The van der Waals surface area contributed by atoms with Crippen LogP contribution in [0.25, 0.3) is 0 Å². The summed E-state index contributed by atoms with van der Waals surface area (Å²) in [4.78, 5) is 0. The fourth-order valence-corrected chi connectivity index (χ4v) is 0.727. The average molecular weight is 214 g/mol. The molecule has 0 aromatic carbocycles. The number of aliphatic hydroxyl groups excluding tert-OH is 2. The van der Waals surface area contributed by atoms with E-state index in [2.05, 4.69) is 35.5 Å². The van der Waals surface area contributed by atoms with Crippen molar-refractivity contribution < 1.29 is 10.2 Å². The molecule has 82 valence electrons. The van der Waals surface area contributed by atoms with Gasteiger partial charge in [-0.05, 0) is 43.1 Å². The Balaban J connectivity index is 3.93. The summed E-state index contributed by atoms with van der Waals surface area (Å²) in [6.45, 7) is 1.69. The Hall–Kier alpha value is -1.92. The second-order valence-corrected chi connectivity index (χ2v) is 2.72. The van der Waals surface area contributed by atoms with Crippen molar-refractivity contribution in [2.75, 3.05) is 6.61 Å². The maximum Gasteiger partial charge on any atom is 0.0745 e. The van der Waals surface area contributed by atoms with Crippen LogP contribution in [0.15, 0.2) is 24.3 Å². The van der Waals surface area contributed by atoms with Crippen LogP contribution in [0, 0.1) is 35.5 Å². The molecule has 0 aromatic rings. The van der Waals surface area contributed by atoms with Crippen molar-refractivity contribution in [3.05, 3.63) is 24.3 Å². The maximum atomic E-state index is 9.19. The van der Waals surface area contributed by atoms with E-state index in [0.717, 1.165) is 0 Å².